The summed E-state index contributed by atoms with van der Waals surface area (Å²) in [7, 11) is 0. The predicted octanol–water partition coefficient (Wildman–Crippen LogP) is 5.44. The average molecular weight is 389 g/mol. The Balaban J connectivity index is 1.78. The van der Waals surface area contributed by atoms with Crippen LogP contribution in [0, 0.1) is 6.92 Å². The zero-order valence-corrected chi connectivity index (χ0v) is 16.5. The van der Waals surface area contributed by atoms with Crippen LogP contribution in [-0.2, 0) is 16.1 Å². The van der Waals surface area contributed by atoms with Crippen LogP contribution in [0.3, 0.4) is 0 Å². The molecule has 3 rings (SSSR count). The molecule has 0 bridgehead atoms. The maximum atomic E-state index is 13.0. The van der Waals surface area contributed by atoms with E-state index in [0.717, 1.165) is 22.5 Å². The molecule has 3 aromatic carbocycles. The maximum Gasteiger partial charge on any atom is 0.419 e. The zero-order chi connectivity index (χ0) is 20.6. The molecular formula is C24H23NO4. The number of hydrogen-bond acceptors (Lipinski definition) is 4. The summed E-state index contributed by atoms with van der Waals surface area (Å²) in [6.07, 6.45) is -0.475. The van der Waals surface area contributed by atoms with E-state index in [9.17, 15) is 9.59 Å². The normalized spacial score (nSPS) is 10.3. The molecule has 0 aliphatic carbocycles. The molecule has 0 atom stereocenters. The molecule has 0 aliphatic heterocycles. The summed E-state index contributed by atoms with van der Waals surface area (Å²) in [5.74, 6) is 0.555. The monoisotopic (exact) mass is 389 g/mol. The van der Waals surface area contributed by atoms with E-state index >= 15 is 0 Å². The molecule has 29 heavy (non-hydrogen) atoms. The molecule has 0 fully saturated rings. The molecule has 0 radical (unpaired) electrons. The Morgan fingerprint density at radius 3 is 1.97 bits per heavy atom. The van der Waals surface area contributed by atoms with E-state index in [-0.39, 0.29) is 19.0 Å². The fourth-order valence-electron chi connectivity index (χ4n) is 2.87. The van der Waals surface area contributed by atoms with E-state index in [2.05, 4.69) is 0 Å². The minimum absolute atomic E-state index is 0.0138. The highest BCUT2D eigenvalue weighted by molar-refractivity contribution is 5.95. The first-order chi connectivity index (χ1) is 14.1. The number of carbonyl (C=O) groups is 2. The highest BCUT2D eigenvalue weighted by Gasteiger charge is 2.20. The van der Waals surface area contributed by atoms with Crippen molar-refractivity contribution in [1.29, 1.82) is 0 Å². The van der Waals surface area contributed by atoms with Gasteiger partial charge in [-0.05, 0) is 55.3 Å². The lowest BCUT2D eigenvalue weighted by molar-refractivity contribution is -0.118. The number of anilines is 2. The van der Waals surface area contributed by atoms with Crippen LogP contribution < -0.4 is 9.64 Å². The lowest BCUT2D eigenvalue weighted by Gasteiger charge is -2.22. The van der Waals surface area contributed by atoms with E-state index in [0.29, 0.717) is 5.75 Å². The average Bonchev–Trinajstić information content (AvgIpc) is 2.74. The lowest BCUT2D eigenvalue weighted by atomic mass is 10.1. The first-order valence-electron chi connectivity index (χ1n) is 9.34. The van der Waals surface area contributed by atoms with E-state index in [1.165, 1.54) is 11.8 Å². The number of para-hydroxylation sites is 2. The fraction of sp³-hybridized carbons (Fsp3) is 0.167. The summed E-state index contributed by atoms with van der Waals surface area (Å²) in [6, 6.07) is 24.2. The van der Waals surface area contributed by atoms with Gasteiger partial charge >= 0.3 is 6.09 Å². The van der Waals surface area contributed by atoms with Gasteiger partial charge in [-0.2, -0.15) is 0 Å². The summed E-state index contributed by atoms with van der Waals surface area (Å²) in [5, 5.41) is 0. The molecular weight excluding hydrogens is 366 g/mol. The van der Waals surface area contributed by atoms with Crippen LogP contribution in [-0.4, -0.2) is 18.5 Å². The van der Waals surface area contributed by atoms with E-state index in [1.807, 2.05) is 79.7 Å². The third-order valence-electron chi connectivity index (χ3n) is 4.39. The minimum atomic E-state index is -0.475. The summed E-state index contributed by atoms with van der Waals surface area (Å²) >= 11 is 0. The van der Waals surface area contributed by atoms with Crippen molar-refractivity contribution in [2.75, 3.05) is 11.5 Å². The first-order valence-corrected chi connectivity index (χ1v) is 9.34. The van der Waals surface area contributed by atoms with Gasteiger partial charge in [0.15, 0.2) is 5.78 Å². The highest BCUT2D eigenvalue weighted by Crippen LogP contribution is 2.27. The van der Waals surface area contributed by atoms with Gasteiger partial charge in [0.05, 0.1) is 11.4 Å². The Bertz CT molecular complexity index is 931. The van der Waals surface area contributed by atoms with Gasteiger partial charge in [-0.15, -0.1) is 0 Å². The molecule has 0 N–H and O–H groups in total. The van der Waals surface area contributed by atoms with Crippen LogP contribution in [0.15, 0.2) is 78.9 Å². The summed E-state index contributed by atoms with van der Waals surface area (Å²) in [4.78, 5) is 25.7. The largest absolute Gasteiger partial charge is 0.486 e. The second kappa shape index (κ2) is 9.55. The topological polar surface area (TPSA) is 55.8 Å². The van der Waals surface area contributed by atoms with Crippen molar-refractivity contribution in [1.82, 2.24) is 0 Å². The Labute approximate surface area is 170 Å². The molecule has 0 spiro atoms. The first kappa shape index (κ1) is 20.1. The molecule has 148 valence electrons. The van der Waals surface area contributed by atoms with Gasteiger partial charge in [-0.3, -0.25) is 4.79 Å². The van der Waals surface area contributed by atoms with Gasteiger partial charge in [-0.25, -0.2) is 9.69 Å². The molecule has 3 aromatic rings. The number of hydrogen-bond donors (Lipinski definition) is 0. The van der Waals surface area contributed by atoms with Crippen LogP contribution in [0.5, 0.6) is 5.75 Å². The number of carbonyl (C=O) groups excluding carboxylic acids is 2. The molecule has 0 heterocycles. The molecule has 5 nitrogen and oxygen atoms in total. The summed E-state index contributed by atoms with van der Waals surface area (Å²) in [6.45, 7) is 3.46. The SMILES string of the molecule is CC(=O)COc1cccc(COC(=O)N(c2ccccc2)c2ccccc2)c1C. The predicted molar refractivity (Wildman–Crippen MR) is 113 cm³/mol. The van der Waals surface area contributed by atoms with Crippen molar-refractivity contribution >= 4 is 23.3 Å². The van der Waals surface area contributed by atoms with Gasteiger partial charge in [0, 0.05) is 0 Å². The number of ketones is 1. The second-order valence-corrected chi connectivity index (χ2v) is 6.59. The van der Waals surface area contributed by atoms with Gasteiger partial charge < -0.3 is 9.47 Å². The number of rotatable bonds is 7. The van der Waals surface area contributed by atoms with Crippen LogP contribution in [0.2, 0.25) is 0 Å². The third-order valence-corrected chi connectivity index (χ3v) is 4.39. The van der Waals surface area contributed by atoms with Crippen LogP contribution in [0.1, 0.15) is 18.1 Å². The van der Waals surface area contributed by atoms with Gasteiger partial charge in [0.1, 0.15) is 19.0 Å². The van der Waals surface area contributed by atoms with Gasteiger partial charge in [-0.1, -0.05) is 48.5 Å². The molecule has 0 saturated heterocycles. The van der Waals surface area contributed by atoms with Crippen molar-refractivity contribution in [2.24, 2.45) is 0 Å². The Kier molecular flexibility index (Phi) is 6.63. The third kappa shape index (κ3) is 5.23. The van der Waals surface area contributed by atoms with Crippen LogP contribution >= 0.6 is 0 Å². The second-order valence-electron chi connectivity index (χ2n) is 6.59. The number of ether oxygens (including phenoxy) is 2. The molecule has 1 amide bonds. The van der Waals surface area contributed by atoms with E-state index < -0.39 is 6.09 Å². The van der Waals surface area contributed by atoms with E-state index in [1.54, 1.807) is 6.07 Å². The molecule has 0 aliphatic rings. The summed E-state index contributed by atoms with van der Waals surface area (Å²) < 4.78 is 11.2. The summed E-state index contributed by atoms with van der Waals surface area (Å²) in [5.41, 5.74) is 3.10. The smallest absolute Gasteiger partial charge is 0.419 e. The van der Waals surface area contributed by atoms with Crippen molar-refractivity contribution in [2.45, 2.75) is 20.5 Å². The standard InChI is InChI=1S/C24H23NO4/c1-18(26)16-28-23-15-9-10-20(19(23)2)17-29-24(27)25(21-11-5-3-6-12-21)22-13-7-4-8-14-22/h3-15H,16-17H2,1-2H3. The van der Waals surface area contributed by atoms with Crippen molar-refractivity contribution in [3.63, 3.8) is 0 Å². The molecule has 0 saturated carbocycles. The van der Waals surface area contributed by atoms with Crippen molar-refractivity contribution in [3.8, 4) is 5.75 Å². The Hall–Kier alpha value is -3.60. The van der Waals surface area contributed by atoms with E-state index in [4.69, 9.17) is 9.47 Å². The number of amides is 1. The zero-order valence-electron chi connectivity index (χ0n) is 16.5. The van der Waals surface area contributed by atoms with Crippen LogP contribution in [0.25, 0.3) is 0 Å². The lowest BCUT2D eigenvalue weighted by Crippen LogP contribution is -2.26. The van der Waals surface area contributed by atoms with Gasteiger partial charge in [0.2, 0.25) is 0 Å². The fourth-order valence-corrected chi connectivity index (χ4v) is 2.87. The molecule has 0 unspecified atom stereocenters. The molecule has 0 aromatic heterocycles. The molecule has 5 heteroatoms. The maximum absolute atomic E-state index is 13.0. The van der Waals surface area contributed by atoms with Crippen molar-refractivity contribution in [3.05, 3.63) is 90.0 Å². The van der Waals surface area contributed by atoms with Gasteiger partial charge in [0.25, 0.3) is 0 Å². The quantitative estimate of drug-likeness (QED) is 0.540. The van der Waals surface area contributed by atoms with Crippen molar-refractivity contribution < 1.29 is 19.1 Å². The number of Topliss-reactive ketones (excluding diaryl/α,β-unsaturated/α-hetero) is 1. The Morgan fingerprint density at radius 2 is 1.41 bits per heavy atom. The number of benzene rings is 3. The Morgan fingerprint density at radius 1 is 0.828 bits per heavy atom. The minimum Gasteiger partial charge on any atom is -0.486 e. The highest BCUT2D eigenvalue weighted by atomic mass is 16.6. The van der Waals surface area contributed by atoms with Crippen LogP contribution in [0.4, 0.5) is 16.2 Å². The number of nitrogens with zero attached hydrogens (tertiary/aromatic N) is 1.